The van der Waals surface area contributed by atoms with Crippen molar-refractivity contribution in [1.82, 2.24) is 15.6 Å². The van der Waals surface area contributed by atoms with Crippen molar-refractivity contribution in [2.45, 2.75) is 26.4 Å². The monoisotopic (exact) mass is 319 g/mol. The van der Waals surface area contributed by atoms with Gasteiger partial charge in [-0.15, -0.1) is 11.3 Å². The summed E-state index contributed by atoms with van der Waals surface area (Å²) in [5.41, 5.74) is 1.99. The molecule has 0 fully saturated rings. The number of rotatable bonds is 6. The highest BCUT2D eigenvalue weighted by molar-refractivity contribution is 7.09. The number of nitrogens with one attached hydrogen (secondary N) is 2. The molecule has 1 aromatic carbocycles. The van der Waals surface area contributed by atoms with Gasteiger partial charge in [-0.05, 0) is 12.8 Å². The number of carbonyl (C=O) groups is 1. The molecule has 0 aliphatic rings. The minimum Gasteiger partial charge on any atom is -0.396 e. The van der Waals surface area contributed by atoms with E-state index in [4.69, 9.17) is 5.11 Å². The van der Waals surface area contributed by atoms with Gasteiger partial charge in [0.2, 0.25) is 0 Å². The van der Waals surface area contributed by atoms with E-state index in [1.807, 2.05) is 49.6 Å². The summed E-state index contributed by atoms with van der Waals surface area (Å²) in [4.78, 5) is 16.3. The highest BCUT2D eigenvalue weighted by Gasteiger charge is 2.14. The third kappa shape index (κ3) is 4.54. The first-order chi connectivity index (χ1) is 10.6. The minimum atomic E-state index is -0.246. The zero-order chi connectivity index (χ0) is 15.9. The predicted octanol–water partition coefficient (Wildman–Crippen LogP) is 2.63. The van der Waals surface area contributed by atoms with Crippen molar-refractivity contribution in [2.75, 3.05) is 6.61 Å². The maximum Gasteiger partial charge on any atom is 0.315 e. The van der Waals surface area contributed by atoms with Gasteiger partial charge in [0.05, 0.1) is 12.2 Å². The molecule has 0 bridgehead atoms. The average molecular weight is 319 g/mol. The second-order valence-corrected chi connectivity index (χ2v) is 6.21. The molecule has 0 saturated carbocycles. The van der Waals surface area contributed by atoms with Crippen LogP contribution in [0.5, 0.6) is 0 Å². The number of hydrogen-bond acceptors (Lipinski definition) is 4. The molecule has 3 N–H and O–H groups in total. The summed E-state index contributed by atoms with van der Waals surface area (Å²) in [6.07, 6.45) is 0. The van der Waals surface area contributed by atoms with Gasteiger partial charge in [0.15, 0.2) is 0 Å². The molecule has 118 valence electrons. The first-order valence-corrected chi connectivity index (χ1v) is 8.13. The van der Waals surface area contributed by atoms with Crippen LogP contribution in [-0.4, -0.2) is 28.8 Å². The number of nitrogens with zero attached hydrogens (tertiary/aromatic N) is 1. The predicted molar refractivity (Wildman–Crippen MR) is 88.6 cm³/mol. The molecule has 1 heterocycles. The Morgan fingerprint density at radius 1 is 1.32 bits per heavy atom. The van der Waals surface area contributed by atoms with Crippen molar-refractivity contribution in [3.05, 3.63) is 40.7 Å². The third-order valence-electron chi connectivity index (χ3n) is 3.52. The number of thiazole rings is 1. The molecule has 0 aliphatic carbocycles. The molecule has 2 atom stereocenters. The zero-order valence-corrected chi connectivity index (χ0v) is 13.6. The standard InChI is InChI=1S/C16H21N3O2S/c1-11(9-20)12(2)18-16(21)17-8-15-19-14(10-22-15)13-6-4-3-5-7-13/h3-7,10-12,20H,8-9H2,1-2H3,(H2,17,18,21). The van der Waals surface area contributed by atoms with E-state index in [9.17, 15) is 4.79 Å². The molecule has 2 amide bonds. The first kappa shape index (κ1) is 16.5. The van der Waals surface area contributed by atoms with Gasteiger partial charge in [-0.3, -0.25) is 0 Å². The Labute approximate surface area is 134 Å². The average Bonchev–Trinajstić information content (AvgIpc) is 3.02. The number of aliphatic hydroxyl groups is 1. The van der Waals surface area contributed by atoms with Crippen molar-refractivity contribution in [1.29, 1.82) is 0 Å². The molecular formula is C16H21N3O2S. The maximum atomic E-state index is 11.8. The van der Waals surface area contributed by atoms with Crippen LogP contribution in [-0.2, 0) is 6.54 Å². The molecule has 22 heavy (non-hydrogen) atoms. The number of hydrogen-bond donors (Lipinski definition) is 3. The fourth-order valence-corrected chi connectivity index (χ4v) is 2.59. The Balaban J connectivity index is 1.85. The molecular weight excluding hydrogens is 298 g/mol. The first-order valence-electron chi connectivity index (χ1n) is 7.25. The Morgan fingerprint density at radius 3 is 2.73 bits per heavy atom. The van der Waals surface area contributed by atoms with Gasteiger partial charge < -0.3 is 15.7 Å². The van der Waals surface area contributed by atoms with E-state index in [1.165, 1.54) is 11.3 Å². The second-order valence-electron chi connectivity index (χ2n) is 5.27. The lowest BCUT2D eigenvalue weighted by Gasteiger charge is -2.19. The fraction of sp³-hybridized carbons (Fsp3) is 0.375. The van der Waals surface area contributed by atoms with Gasteiger partial charge in [0, 0.05) is 23.6 Å². The van der Waals surface area contributed by atoms with Crippen molar-refractivity contribution in [3.8, 4) is 11.3 Å². The van der Waals surface area contributed by atoms with Crippen LogP contribution < -0.4 is 10.6 Å². The number of aromatic nitrogens is 1. The van der Waals surface area contributed by atoms with Crippen molar-refractivity contribution in [2.24, 2.45) is 5.92 Å². The zero-order valence-electron chi connectivity index (χ0n) is 12.7. The van der Waals surface area contributed by atoms with Crippen LogP contribution in [0.25, 0.3) is 11.3 Å². The van der Waals surface area contributed by atoms with Crippen LogP contribution in [0.15, 0.2) is 35.7 Å². The topological polar surface area (TPSA) is 74.2 Å². The Bertz CT molecular complexity index is 600. The van der Waals surface area contributed by atoms with Crippen molar-refractivity contribution < 1.29 is 9.90 Å². The van der Waals surface area contributed by atoms with Gasteiger partial charge in [-0.1, -0.05) is 37.3 Å². The molecule has 2 aromatic rings. The Hall–Kier alpha value is -1.92. The summed E-state index contributed by atoms with van der Waals surface area (Å²) < 4.78 is 0. The van der Waals surface area contributed by atoms with Gasteiger partial charge in [0.1, 0.15) is 5.01 Å². The lowest BCUT2D eigenvalue weighted by molar-refractivity contribution is 0.200. The molecule has 0 saturated heterocycles. The second kappa shape index (κ2) is 7.91. The Kier molecular flexibility index (Phi) is 5.91. The highest BCUT2D eigenvalue weighted by atomic mass is 32.1. The van der Waals surface area contributed by atoms with E-state index >= 15 is 0 Å². The maximum absolute atomic E-state index is 11.8. The number of aliphatic hydroxyl groups excluding tert-OH is 1. The SMILES string of the molecule is CC(CO)C(C)NC(=O)NCc1nc(-c2ccccc2)cs1. The van der Waals surface area contributed by atoms with E-state index in [0.29, 0.717) is 6.54 Å². The molecule has 6 heteroatoms. The summed E-state index contributed by atoms with van der Waals surface area (Å²) in [5.74, 6) is 0.0234. The summed E-state index contributed by atoms with van der Waals surface area (Å²) in [6, 6.07) is 9.61. The highest BCUT2D eigenvalue weighted by Crippen LogP contribution is 2.21. The number of amides is 2. The summed E-state index contributed by atoms with van der Waals surface area (Å²) in [7, 11) is 0. The molecule has 0 radical (unpaired) electrons. The lowest BCUT2D eigenvalue weighted by atomic mass is 10.1. The van der Waals surface area contributed by atoms with Crippen LogP contribution in [0.3, 0.4) is 0 Å². The summed E-state index contributed by atoms with van der Waals surface area (Å²) in [5, 5.41) is 17.5. The largest absolute Gasteiger partial charge is 0.396 e. The van der Waals surface area contributed by atoms with E-state index in [2.05, 4.69) is 15.6 Å². The third-order valence-corrected chi connectivity index (χ3v) is 4.37. The quantitative estimate of drug-likeness (QED) is 0.766. The van der Waals surface area contributed by atoms with Gasteiger partial charge in [-0.25, -0.2) is 9.78 Å². The number of carbonyl (C=O) groups excluding carboxylic acids is 1. The van der Waals surface area contributed by atoms with Crippen molar-refractivity contribution in [3.63, 3.8) is 0 Å². The molecule has 1 aromatic heterocycles. The number of urea groups is 1. The van der Waals surface area contributed by atoms with Crippen LogP contribution >= 0.6 is 11.3 Å². The van der Waals surface area contributed by atoms with E-state index in [0.717, 1.165) is 16.3 Å². The molecule has 2 rings (SSSR count). The minimum absolute atomic E-state index is 0.0234. The van der Waals surface area contributed by atoms with Gasteiger partial charge >= 0.3 is 6.03 Å². The van der Waals surface area contributed by atoms with Gasteiger partial charge in [-0.2, -0.15) is 0 Å². The summed E-state index contributed by atoms with van der Waals surface area (Å²) >= 11 is 1.52. The summed E-state index contributed by atoms with van der Waals surface area (Å²) in [6.45, 7) is 4.20. The van der Waals surface area contributed by atoms with E-state index in [1.54, 1.807) is 0 Å². The van der Waals surface area contributed by atoms with Crippen LogP contribution in [0.2, 0.25) is 0 Å². The molecule has 0 spiro atoms. The number of benzene rings is 1. The van der Waals surface area contributed by atoms with E-state index < -0.39 is 0 Å². The fourth-order valence-electron chi connectivity index (χ4n) is 1.85. The van der Waals surface area contributed by atoms with Gasteiger partial charge in [0.25, 0.3) is 0 Å². The smallest absolute Gasteiger partial charge is 0.315 e. The Morgan fingerprint density at radius 2 is 2.05 bits per heavy atom. The van der Waals surface area contributed by atoms with Crippen LogP contribution in [0, 0.1) is 5.92 Å². The molecule has 2 unspecified atom stereocenters. The normalized spacial score (nSPS) is 13.4. The molecule has 0 aliphatic heterocycles. The van der Waals surface area contributed by atoms with Crippen LogP contribution in [0.1, 0.15) is 18.9 Å². The molecule has 5 nitrogen and oxygen atoms in total. The van der Waals surface area contributed by atoms with E-state index in [-0.39, 0.29) is 24.6 Å². The van der Waals surface area contributed by atoms with Crippen LogP contribution in [0.4, 0.5) is 4.79 Å². The van der Waals surface area contributed by atoms with Crippen molar-refractivity contribution >= 4 is 17.4 Å². The lowest BCUT2D eigenvalue weighted by Crippen LogP contribution is -2.43.